The fraction of sp³-hybridized carbons (Fsp3) is 0.240. The maximum Gasteiger partial charge on any atom is 0.325 e. The zero-order valence-electron chi connectivity index (χ0n) is 19.8. The molecule has 0 unspecified atom stereocenters. The van der Waals surface area contributed by atoms with E-state index in [0.717, 1.165) is 20.0 Å². The van der Waals surface area contributed by atoms with Gasteiger partial charge in [-0.2, -0.15) is 0 Å². The van der Waals surface area contributed by atoms with Gasteiger partial charge in [0.2, 0.25) is 15.9 Å². The molecular formula is C25H26N4O5S. The highest BCUT2D eigenvalue weighted by Gasteiger charge is 2.50. The van der Waals surface area contributed by atoms with Crippen molar-refractivity contribution in [3.63, 3.8) is 0 Å². The number of nitrogens with zero attached hydrogens (tertiary/aromatic N) is 2. The molecule has 2 N–H and O–H groups in total. The van der Waals surface area contributed by atoms with Gasteiger partial charge < -0.3 is 10.6 Å². The van der Waals surface area contributed by atoms with Crippen LogP contribution >= 0.6 is 0 Å². The summed E-state index contributed by atoms with van der Waals surface area (Å²) < 4.78 is 26.0. The highest BCUT2D eigenvalue weighted by molar-refractivity contribution is 7.89. The molecule has 1 aliphatic rings. The van der Waals surface area contributed by atoms with E-state index in [1.165, 1.54) is 26.2 Å². The Morgan fingerprint density at radius 3 is 2.46 bits per heavy atom. The zero-order chi connectivity index (χ0) is 25.5. The molecular weight excluding hydrogens is 468 g/mol. The molecule has 1 atom stereocenters. The lowest BCUT2D eigenvalue weighted by atomic mass is 9.88. The van der Waals surface area contributed by atoms with Crippen molar-refractivity contribution in [2.24, 2.45) is 0 Å². The predicted octanol–water partition coefficient (Wildman–Crippen LogP) is 2.80. The molecule has 9 nitrogen and oxygen atoms in total. The van der Waals surface area contributed by atoms with Gasteiger partial charge in [-0.25, -0.2) is 17.5 Å². The van der Waals surface area contributed by atoms with Crippen molar-refractivity contribution >= 4 is 44.3 Å². The number of aryl methyl sites for hydroxylation is 1. The predicted molar refractivity (Wildman–Crippen MR) is 132 cm³/mol. The number of sulfonamides is 1. The number of amides is 4. The summed E-state index contributed by atoms with van der Waals surface area (Å²) in [5.41, 5.74) is 0.207. The molecule has 3 aromatic carbocycles. The Bertz CT molecular complexity index is 1460. The lowest BCUT2D eigenvalue weighted by Gasteiger charge is -2.24. The van der Waals surface area contributed by atoms with Crippen LogP contribution in [0.5, 0.6) is 0 Å². The molecule has 10 heteroatoms. The Labute approximate surface area is 203 Å². The minimum Gasteiger partial charge on any atom is -0.324 e. The number of anilines is 1. The zero-order valence-corrected chi connectivity index (χ0v) is 20.6. The molecule has 4 rings (SSSR count). The topological polar surface area (TPSA) is 116 Å². The van der Waals surface area contributed by atoms with E-state index in [-0.39, 0.29) is 10.6 Å². The van der Waals surface area contributed by atoms with E-state index in [0.29, 0.717) is 11.1 Å². The molecule has 1 fully saturated rings. The molecule has 0 spiro atoms. The number of hydrogen-bond acceptors (Lipinski definition) is 5. The molecule has 35 heavy (non-hydrogen) atoms. The number of carbonyl (C=O) groups excluding carboxylic acids is 3. The van der Waals surface area contributed by atoms with Crippen molar-refractivity contribution in [2.45, 2.75) is 24.3 Å². The van der Waals surface area contributed by atoms with Crippen LogP contribution in [0.4, 0.5) is 10.5 Å². The molecule has 1 heterocycles. The van der Waals surface area contributed by atoms with Crippen LogP contribution in [0.2, 0.25) is 0 Å². The van der Waals surface area contributed by atoms with Crippen molar-refractivity contribution in [3.8, 4) is 0 Å². The number of rotatable bonds is 6. The molecule has 0 aromatic heterocycles. The van der Waals surface area contributed by atoms with Crippen LogP contribution in [0.3, 0.4) is 0 Å². The SMILES string of the molecule is Cc1ccc(S(=O)(=O)N(C)C)cc1NC(=O)CN1C(=O)N[C@@](C)(c2cccc3ccccc23)C1=O. The monoisotopic (exact) mass is 494 g/mol. The fourth-order valence-electron chi connectivity index (χ4n) is 4.12. The minimum atomic E-state index is -3.70. The van der Waals surface area contributed by atoms with Crippen molar-refractivity contribution < 1.29 is 22.8 Å². The van der Waals surface area contributed by atoms with Crippen LogP contribution in [0.1, 0.15) is 18.1 Å². The average Bonchev–Trinajstić information content (AvgIpc) is 3.03. The summed E-state index contributed by atoms with van der Waals surface area (Å²) in [7, 11) is -0.873. The van der Waals surface area contributed by atoms with Gasteiger partial charge in [-0.15, -0.1) is 0 Å². The molecule has 182 valence electrons. The highest BCUT2D eigenvalue weighted by atomic mass is 32.2. The normalized spacial score (nSPS) is 18.3. The second kappa shape index (κ2) is 8.79. The number of hydrogen-bond donors (Lipinski definition) is 2. The maximum absolute atomic E-state index is 13.4. The van der Waals surface area contributed by atoms with Crippen LogP contribution in [-0.2, 0) is 25.2 Å². The Balaban J connectivity index is 1.57. The summed E-state index contributed by atoms with van der Waals surface area (Å²) in [6, 6.07) is 16.8. The molecule has 1 aliphatic heterocycles. The van der Waals surface area contributed by atoms with Crippen LogP contribution in [0, 0.1) is 6.92 Å². The largest absolute Gasteiger partial charge is 0.325 e. The summed E-state index contributed by atoms with van der Waals surface area (Å²) >= 11 is 0. The first kappa shape index (κ1) is 24.4. The Kier molecular flexibility index (Phi) is 6.12. The molecule has 0 bridgehead atoms. The van der Waals surface area contributed by atoms with Crippen molar-refractivity contribution in [3.05, 3.63) is 71.8 Å². The van der Waals surface area contributed by atoms with Gasteiger partial charge in [0, 0.05) is 19.8 Å². The molecule has 1 saturated heterocycles. The van der Waals surface area contributed by atoms with Gasteiger partial charge >= 0.3 is 6.03 Å². The second-order valence-corrected chi connectivity index (χ2v) is 10.9. The van der Waals surface area contributed by atoms with E-state index in [9.17, 15) is 22.8 Å². The molecule has 0 aliphatic carbocycles. The number of imide groups is 1. The maximum atomic E-state index is 13.4. The van der Waals surface area contributed by atoms with Gasteiger partial charge in [0.1, 0.15) is 12.1 Å². The van der Waals surface area contributed by atoms with E-state index in [1.807, 2.05) is 36.4 Å². The lowest BCUT2D eigenvalue weighted by Crippen LogP contribution is -2.42. The van der Waals surface area contributed by atoms with Crippen LogP contribution in [-0.4, -0.2) is 56.1 Å². The van der Waals surface area contributed by atoms with Gasteiger partial charge in [0.05, 0.1) is 4.90 Å². The van der Waals surface area contributed by atoms with Gasteiger partial charge in [0.15, 0.2) is 0 Å². The minimum absolute atomic E-state index is 0.0157. The third-order valence-electron chi connectivity index (χ3n) is 6.17. The van der Waals surface area contributed by atoms with E-state index in [2.05, 4.69) is 10.6 Å². The average molecular weight is 495 g/mol. The van der Waals surface area contributed by atoms with Crippen molar-refractivity contribution in [2.75, 3.05) is 26.0 Å². The Morgan fingerprint density at radius 1 is 1.06 bits per heavy atom. The molecule has 3 aromatic rings. The van der Waals surface area contributed by atoms with Crippen molar-refractivity contribution in [1.29, 1.82) is 0 Å². The first-order valence-corrected chi connectivity index (χ1v) is 12.3. The van der Waals surface area contributed by atoms with Crippen molar-refractivity contribution in [1.82, 2.24) is 14.5 Å². The van der Waals surface area contributed by atoms with E-state index in [4.69, 9.17) is 0 Å². The summed E-state index contributed by atoms with van der Waals surface area (Å²) in [5, 5.41) is 7.11. The van der Waals surface area contributed by atoms with Gasteiger partial charge in [-0.1, -0.05) is 48.5 Å². The third-order valence-corrected chi connectivity index (χ3v) is 7.98. The van der Waals surface area contributed by atoms with Crippen LogP contribution < -0.4 is 10.6 Å². The summed E-state index contributed by atoms with van der Waals surface area (Å²) in [4.78, 5) is 39.8. The van der Waals surface area contributed by atoms with E-state index >= 15 is 0 Å². The fourth-order valence-corrected chi connectivity index (χ4v) is 5.05. The Morgan fingerprint density at radius 2 is 1.74 bits per heavy atom. The Hall–Kier alpha value is -3.76. The van der Waals surface area contributed by atoms with Crippen LogP contribution in [0.25, 0.3) is 10.8 Å². The van der Waals surface area contributed by atoms with Gasteiger partial charge in [-0.05, 0) is 47.9 Å². The first-order valence-electron chi connectivity index (χ1n) is 10.9. The summed E-state index contributed by atoms with van der Waals surface area (Å²) in [6.45, 7) is 2.81. The first-order chi connectivity index (χ1) is 16.4. The van der Waals surface area contributed by atoms with Gasteiger partial charge in [0.25, 0.3) is 5.91 Å². The van der Waals surface area contributed by atoms with E-state index < -0.39 is 40.0 Å². The smallest absolute Gasteiger partial charge is 0.324 e. The summed E-state index contributed by atoms with van der Waals surface area (Å²) in [6.07, 6.45) is 0. The molecule has 4 amide bonds. The lowest BCUT2D eigenvalue weighted by molar-refractivity contribution is -0.133. The number of fused-ring (bicyclic) bond motifs is 1. The standard InChI is InChI=1S/C25H26N4O5S/c1-16-12-13-18(35(33,34)28(3)4)14-21(16)26-22(30)15-29-23(31)25(2,27-24(29)32)20-11-7-9-17-8-5-6-10-19(17)20/h5-14H,15H2,1-4H3,(H,26,30)(H,27,32)/t25-/m0/s1. The number of urea groups is 1. The third kappa shape index (κ3) is 4.26. The second-order valence-electron chi connectivity index (χ2n) is 8.79. The number of benzene rings is 3. The molecule has 0 radical (unpaired) electrons. The summed E-state index contributed by atoms with van der Waals surface area (Å²) in [5.74, 6) is -1.17. The van der Waals surface area contributed by atoms with E-state index in [1.54, 1.807) is 26.0 Å². The number of carbonyl (C=O) groups is 3. The highest BCUT2D eigenvalue weighted by Crippen LogP contribution is 2.34. The number of nitrogens with one attached hydrogen (secondary N) is 2. The van der Waals surface area contributed by atoms with Crippen LogP contribution in [0.15, 0.2) is 65.6 Å². The molecule has 0 saturated carbocycles. The van der Waals surface area contributed by atoms with Gasteiger partial charge in [-0.3, -0.25) is 14.5 Å². The quantitative estimate of drug-likeness (QED) is 0.511.